The third kappa shape index (κ3) is 2.50. The predicted molar refractivity (Wildman–Crippen MR) is 46.5 cm³/mol. The van der Waals surface area contributed by atoms with Gasteiger partial charge in [-0.05, 0) is 6.92 Å². The molecule has 0 saturated carbocycles. The molecule has 0 unspecified atom stereocenters. The van der Waals surface area contributed by atoms with Crippen LogP contribution in [0.1, 0.15) is 17.6 Å². The van der Waals surface area contributed by atoms with E-state index < -0.39 is 0 Å². The van der Waals surface area contributed by atoms with Crippen molar-refractivity contribution in [3.63, 3.8) is 0 Å². The second-order valence-corrected chi connectivity index (χ2v) is 3.33. The molecule has 0 amide bonds. The highest BCUT2D eigenvalue weighted by atomic mass is 32.1. The van der Waals surface area contributed by atoms with Gasteiger partial charge >= 0.3 is 0 Å². The minimum absolute atomic E-state index is 0.251. The Morgan fingerprint density at radius 1 is 1.83 bits per heavy atom. The molecule has 5 heteroatoms. The molecule has 0 bridgehead atoms. The van der Waals surface area contributed by atoms with Crippen LogP contribution in [0.3, 0.4) is 0 Å². The van der Waals surface area contributed by atoms with Gasteiger partial charge in [0, 0.05) is 12.3 Å². The SMILES string of the molecule is CC(=NO)OCc1csc(C)n1. The molecule has 0 radical (unpaired) electrons. The molecule has 12 heavy (non-hydrogen) atoms. The van der Waals surface area contributed by atoms with Gasteiger partial charge < -0.3 is 9.94 Å². The lowest BCUT2D eigenvalue weighted by atomic mass is 10.5. The third-order valence-electron chi connectivity index (χ3n) is 1.24. The molecule has 0 aliphatic carbocycles. The molecule has 1 aromatic heterocycles. The Kier molecular flexibility index (Phi) is 3.04. The topological polar surface area (TPSA) is 54.7 Å². The van der Waals surface area contributed by atoms with Crippen LogP contribution < -0.4 is 0 Å². The van der Waals surface area contributed by atoms with E-state index in [0.717, 1.165) is 10.7 Å². The van der Waals surface area contributed by atoms with Crippen LogP contribution in [-0.2, 0) is 11.3 Å². The van der Waals surface area contributed by atoms with Gasteiger partial charge in [-0.25, -0.2) is 4.98 Å². The third-order valence-corrected chi connectivity index (χ3v) is 2.06. The first-order valence-corrected chi connectivity index (χ1v) is 4.33. The van der Waals surface area contributed by atoms with E-state index in [0.29, 0.717) is 6.61 Å². The number of aryl methyl sites for hydroxylation is 1. The number of oxime groups is 1. The van der Waals surface area contributed by atoms with E-state index in [2.05, 4.69) is 10.1 Å². The lowest BCUT2D eigenvalue weighted by Gasteiger charge is -1.99. The fraction of sp³-hybridized carbons (Fsp3) is 0.429. The van der Waals surface area contributed by atoms with Crippen LogP contribution in [0.2, 0.25) is 0 Å². The Morgan fingerprint density at radius 3 is 3.08 bits per heavy atom. The van der Waals surface area contributed by atoms with Crippen molar-refractivity contribution >= 4 is 17.2 Å². The number of hydrogen-bond donors (Lipinski definition) is 1. The normalized spacial score (nSPS) is 11.7. The number of aromatic nitrogens is 1. The minimum atomic E-state index is 0.251. The molecule has 1 heterocycles. The summed E-state index contributed by atoms with van der Waals surface area (Å²) in [5.74, 6) is 0.251. The van der Waals surface area contributed by atoms with Gasteiger partial charge in [0.15, 0.2) is 0 Å². The summed E-state index contributed by atoms with van der Waals surface area (Å²) in [6.07, 6.45) is 0. The Bertz CT molecular complexity index is 283. The lowest BCUT2D eigenvalue weighted by molar-refractivity contribution is 0.243. The Morgan fingerprint density at radius 2 is 2.58 bits per heavy atom. The van der Waals surface area contributed by atoms with Gasteiger partial charge in [0.1, 0.15) is 6.61 Å². The summed E-state index contributed by atoms with van der Waals surface area (Å²) in [5.41, 5.74) is 0.862. The fourth-order valence-corrected chi connectivity index (χ4v) is 1.28. The number of thiazole rings is 1. The van der Waals surface area contributed by atoms with E-state index in [1.807, 2.05) is 12.3 Å². The van der Waals surface area contributed by atoms with E-state index >= 15 is 0 Å². The zero-order chi connectivity index (χ0) is 8.97. The van der Waals surface area contributed by atoms with Crippen LogP contribution in [0.15, 0.2) is 10.5 Å². The van der Waals surface area contributed by atoms with E-state index in [-0.39, 0.29) is 5.90 Å². The minimum Gasteiger partial charge on any atom is -0.472 e. The highest BCUT2D eigenvalue weighted by Crippen LogP contribution is 2.08. The smallest absolute Gasteiger partial charge is 0.222 e. The average Bonchev–Trinajstić information content (AvgIpc) is 2.47. The van der Waals surface area contributed by atoms with Crippen LogP contribution in [0.5, 0.6) is 0 Å². The van der Waals surface area contributed by atoms with E-state index in [1.165, 1.54) is 0 Å². The van der Waals surface area contributed by atoms with Gasteiger partial charge in [-0.15, -0.1) is 11.3 Å². The molecule has 0 aromatic carbocycles. The average molecular weight is 186 g/mol. The lowest BCUT2D eigenvalue weighted by Crippen LogP contribution is -1.99. The molecular formula is C7H10N2O2S. The van der Waals surface area contributed by atoms with E-state index in [4.69, 9.17) is 9.94 Å². The monoisotopic (exact) mass is 186 g/mol. The van der Waals surface area contributed by atoms with Gasteiger partial charge in [-0.2, -0.15) is 0 Å². The van der Waals surface area contributed by atoms with Crippen LogP contribution in [0.4, 0.5) is 0 Å². The Balaban J connectivity index is 2.43. The van der Waals surface area contributed by atoms with E-state index in [9.17, 15) is 0 Å². The second kappa shape index (κ2) is 4.06. The molecule has 0 atom stereocenters. The molecular weight excluding hydrogens is 176 g/mol. The molecule has 1 aromatic rings. The van der Waals surface area contributed by atoms with Crippen molar-refractivity contribution in [1.82, 2.24) is 4.98 Å². The van der Waals surface area contributed by atoms with Gasteiger partial charge in [0.2, 0.25) is 5.90 Å². The predicted octanol–water partition coefficient (Wildman–Crippen LogP) is 1.78. The van der Waals surface area contributed by atoms with Crippen molar-refractivity contribution < 1.29 is 9.94 Å². The van der Waals surface area contributed by atoms with Crippen molar-refractivity contribution in [2.75, 3.05) is 0 Å². The van der Waals surface area contributed by atoms with Crippen LogP contribution in [-0.4, -0.2) is 16.1 Å². The quantitative estimate of drug-likeness (QED) is 0.331. The second-order valence-electron chi connectivity index (χ2n) is 2.27. The van der Waals surface area contributed by atoms with Crippen molar-refractivity contribution in [3.05, 3.63) is 16.1 Å². The summed E-state index contributed by atoms with van der Waals surface area (Å²) in [6, 6.07) is 0. The molecule has 1 rings (SSSR count). The number of hydrogen-bond acceptors (Lipinski definition) is 5. The first-order chi connectivity index (χ1) is 5.72. The van der Waals surface area contributed by atoms with Crippen molar-refractivity contribution in [1.29, 1.82) is 0 Å². The molecule has 0 spiro atoms. The van der Waals surface area contributed by atoms with Gasteiger partial charge in [0.25, 0.3) is 0 Å². The molecule has 0 fully saturated rings. The van der Waals surface area contributed by atoms with Crippen LogP contribution in [0, 0.1) is 6.92 Å². The zero-order valence-electron chi connectivity index (χ0n) is 6.94. The highest BCUT2D eigenvalue weighted by molar-refractivity contribution is 7.09. The highest BCUT2D eigenvalue weighted by Gasteiger charge is 1.99. The molecule has 0 aliphatic rings. The maximum Gasteiger partial charge on any atom is 0.222 e. The maximum absolute atomic E-state index is 8.26. The first-order valence-electron chi connectivity index (χ1n) is 3.45. The summed E-state index contributed by atoms with van der Waals surface area (Å²) >= 11 is 1.57. The van der Waals surface area contributed by atoms with Crippen molar-refractivity contribution in [2.45, 2.75) is 20.5 Å². The summed E-state index contributed by atoms with van der Waals surface area (Å²) in [5, 5.41) is 14.1. The standard InChI is InChI=1S/C7H10N2O2S/c1-5(9-10)11-3-7-4-12-6(2)8-7/h4,10H,3H2,1-2H3. The largest absolute Gasteiger partial charge is 0.472 e. The first kappa shape index (κ1) is 8.99. The number of rotatable bonds is 2. The zero-order valence-corrected chi connectivity index (χ0v) is 7.76. The molecule has 0 aliphatic heterocycles. The number of ether oxygens (including phenoxy) is 1. The van der Waals surface area contributed by atoms with Crippen molar-refractivity contribution in [2.24, 2.45) is 5.16 Å². The maximum atomic E-state index is 8.26. The summed E-state index contributed by atoms with van der Waals surface area (Å²) in [7, 11) is 0. The fourth-order valence-electron chi connectivity index (χ4n) is 0.682. The van der Waals surface area contributed by atoms with Crippen molar-refractivity contribution in [3.8, 4) is 0 Å². The summed E-state index contributed by atoms with van der Waals surface area (Å²) in [4.78, 5) is 4.17. The van der Waals surface area contributed by atoms with Gasteiger partial charge in [-0.3, -0.25) is 0 Å². The van der Waals surface area contributed by atoms with Gasteiger partial charge in [0.05, 0.1) is 10.7 Å². The van der Waals surface area contributed by atoms with E-state index in [1.54, 1.807) is 18.3 Å². The molecule has 4 nitrogen and oxygen atoms in total. The summed E-state index contributed by atoms with van der Waals surface area (Å²) < 4.78 is 5.03. The Hall–Kier alpha value is -1.10. The van der Waals surface area contributed by atoms with Gasteiger partial charge in [-0.1, -0.05) is 5.16 Å². The van der Waals surface area contributed by atoms with Crippen LogP contribution >= 0.6 is 11.3 Å². The molecule has 1 N–H and O–H groups in total. The number of nitrogens with zero attached hydrogens (tertiary/aromatic N) is 2. The molecule has 0 saturated heterocycles. The summed E-state index contributed by atoms with van der Waals surface area (Å²) in [6.45, 7) is 3.88. The molecule has 66 valence electrons. The van der Waals surface area contributed by atoms with Crippen LogP contribution in [0.25, 0.3) is 0 Å². The Labute approximate surface area is 74.5 Å².